The number of nitrogens with one attached hydrogen (secondary N) is 1. The van der Waals surface area contributed by atoms with Gasteiger partial charge in [-0.1, -0.05) is 19.3 Å². The van der Waals surface area contributed by atoms with Gasteiger partial charge in [0.15, 0.2) is 0 Å². The lowest BCUT2D eigenvalue weighted by molar-refractivity contribution is -0.384. The predicted molar refractivity (Wildman–Crippen MR) is 66.8 cm³/mol. The van der Waals surface area contributed by atoms with E-state index in [0.29, 0.717) is 0 Å². The van der Waals surface area contributed by atoms with E-state index in [4.69, 9.17) is 6.42 Å². The monoisotopic (exact) mass is 233 g/mol. The van der Waals surface area contributed by atoms with Crippen LogP contribution in [0.1, 0.15) is 25.3 Å². The third-order valence-corrected chi connectivity index (χ3v) is 2.29. The molecule has 0 saturated carbocycles. The highest BCUT2D eigenvalue weighted by Crippen LogP contribution is 2.23. The van der Waals surface area contributed by atoms with Crippen molar-refractivity contribution in [3.63, 3.8) is 0 Å². The Kier molecular flexibility index (Phi) is 4.46. The minimum absolute atomic E-state index is 0.0404. The molecule has 5 heteroatoms. The van der Waals surface area contributed by atoms with E-state index in [1.165, 1.54) is 6.07 Å². The first kappa shape index (κ1) is 13.0. The molecule has 1 rings (SSSR count). The molecule has 0 amide bonds. The Morgan fingerprint density at radius 2 is 2.41 bits per heavy atom. The maximum atomic E-state index is 10.9. The molecule has 0 aliphatic carbocycles. The van der Waals surface area contributed by atoms with Crippen LogP contribution in [-0.2, 0) is 0 Å². The van der Waals surface area contributed by atoms with Crippen molar-refractivity contribution < 1.29 is 4.92 Å². The average Bonchev–Trinajstić information content (AvgIpc) is 2.30. The molecule has 0 radical (unpaired) electrons. The normalized spacial score (nSPS) is 11.6. The minimum atomic E-state index is -0.456. The molecule has 1 unspecified atom stereocenters. The first-order valence-corrected chi connectivity index (χ1v) is 5.42. The summed E-state index contributed by atoms with van der Waals surface area (Å²) in [5.74, 6) is 2.79. The highest BCUT2D eigenvalue weighted by atomic mass is 16.6. The summed E-state index contributed by atoms with van der Waals surface area (Å²) < 4.78 is 0. The van der Waals surface area contributed by atoms with Crippen LogP contribution in [0.5, 0.6) is 0 Å². The maximum absolute atomic E-state index is 10.9. The van der Waals surface area contributed by atoms with E-state index >= 15 is 0 Å². The molecule has 0 aliphatic heterocycles. The predicted octanol–water partition coefficient (Wildman–Crippen LogP) is 2.51. The van der Waals surface area contributed by atoms with E-state index < -0.39 is 4.92 Å². The number of rotatable bonds is 5. The van der Waals surface area contributed by atoms with E-state index in [0.717, 1.165) is 18.4 Å². The van der Waals surface area contributed by atoms with Crippen LogP contribution in [0.3, 0.4) is 0 Å². The summed E-state index contributed by atoms with van der Waals surface area (Å²) >= 11 is 0. The fraction of sp³-hybridized carbons (Fsp3) is 0.417. The Balaban J connectivity index is 2.98. The molecule has 1 aromatic heterocycles. The molecule has 1 heterocycles. The molecule has 5 nitrogen and oxygen atoms in total. The third-order valence-electron chi connectivity index (χ3n) is 2.29. The zero-order valence-corrected chi connectivity index (χ0v) is 9.93. The molecule has 0 spiro atoms. The number of anilines is 1. The van der Waals surface area contributed by atoms with E-state index in [1.54, 1.807) is 13.1 Å². The van der Waals surface area contributed by atoms with Crippen LogP contribution >= 0.6 is 0 Å². The van der Waals surface area contributed by atoms with Gasteiger partial charge in [0, 0.05) is 12.3 Å². The fourth-order valence-corrected chi connectivity index (χ4v) is 1.46. The summed E-state index contributed by atoms with van der Waals surface area (Å²) in [4.78, 5) is 14.4. The van der Waals surface area contributed by atoms with E-state index in [2.05, 4.69) is 16.2 Å². The van der Waals surface area contributed by atoms with Gasteiger partial charge >= 0.3 is 5.69 Å². The summed E-state index contributed by atoms with van der Waals surface area (Å²) in [5, 5.41) is 13.8. The number of nitrogens with zero attached hydrogens (tertiary/aromatic N) is 2. The molecule has 1 atom stereocenters. The number of pyridine rings is 1. The van der Waals surface area contributed by atoms with Gasteiger partial charge in [0.1, 0.15) is 0 Å². The second-order valence-electron chi connectivity index (χ2n) is 3.79. The molecule has 17 heavy (non-hydrogen) atoms. The van der Waals surface area contributed by atoms with E-state index in [9.17, 15) is 10.1 Å². The van der Waals surface area contributed by atoms with Crippen molar-refractivity contribution >= 4 is 11.5 Å². The van der Waals surface area contributed by atoms with Crippen LogP contribution in [0.2, 0.25) is 0 Å². The second-order valence-corrected chi connectivity index (χ2v) is 3.79. The Bertz CT molecular complexity index is 452. The van der Waals surface area contributed by atoms with Crippen LogP contribution in [0.15, 0.2) is 12.3 Å². The summed E-state index contributed by atoms with van der Waals surface area (Å²) in [7, 11) is 0. The molecule has 1 N–H and O–H groups in total. The maximum Gasteiger partial charge on any atom is 0.311 e. The number of nitro groups is 1. The van der Waals surface area contributed by atoms with Crippen molar-refractivity contribution in [2.45, 2.75) is 32.7 Å². The average molecular weight is 233 g/mol. The van der Waals surface area contributed by atoms with Crippen molar-refractivity contribution in [2.24, 2.45) is 0 Å². The van der Waals surface area contributed by atoms with Crippen LogP contribution in [0.25, 0.3) is 0 Å². The van der Waals surface area contributed by atoms with Gasteiger partial charge in [0.25, 0.3) is 0 Å². The van der Waals surface area contributed by atoms with Gasteiger partial charge in [-0.3, -0.25) is 10.1 Å². The van der Waals surface area contributed by atoms with Crippen molar-refractivity contribution in [3.05, 3.63) is 27.9 Å². The number of terminal acetylenes is 1. The molecule has 90 valence electrons. The van der Waals surface area contributed by atoms with Gasteiger partial charge in [-0.15, -0.1) is 6.42 Å². The number of hydrogen-bond acceptors (Lipinski definition) is 4. The second kappa shape index (κ2) is 5.85. The lowest BCUT2D eigenvalue weighted by Crippen LogP contribution is -2.18. The summed E-state index contributed by atoms with van der Waals surface area (Å²) in [6.07, 6.45) is 8.59. The van der Waals surface area contributed by atoms with Crippen LogP contribution in [0.4, 0.5) is 11.5 Å². The Morgan fingerprint density at radius 1 is 1.71 bits per heavy atom. The van der Waals surface area contributed by atoms with Crippen molar-refractivity contribution in [2.75, 3.05) is 5.32 Å². The van der Waals surface area contributed by atoms with Gasteiger partial charge in [-0.05, 0) is 18.9 Å². The highest BCUT2D eigenvalue weighted by Gasteiger charge is 2.17. The molecular weight excluding hydrogens is 218 g/mol. The van der Waals surface area contributed by atoms with Crippen LogP contribution in [0, 0.1) is 29.4 Å². The van der Waals surface area contributed by atoms with E-state index in [1.807, 2.05) is 6.92 Å². The molecule has 0 aromatic carbocycles. The summed E-state index contributed by atoms with van der Waals surface area (Å²) in [6.45, 7) is 3.76. The molecular formula is C12H15N3O2. The largest absolute Gasteiger partial charge is 0.351 e. The zero-order chi connectivity index (χ0) is 12.8. The number of aryl methyl sites for hydroxylation is 1. The molecule has 0 fully saturated rings. The SMILES string of the molecule is C#CC(CCC)Nc1ncc(C)cc1[N+](=O)[O-]. The molecule has 0 aliphatic rings. The summed E-state index contributed by atoms with van der Waals surface area (Å²) in [5.41, 5.74) is 0.705. The van der Waals surface area contributed by atoms with Crippen molar-refractivity contribution in [1.82, 2.24) is 4.98 Å². The highest BCUT2D eigenvalue weighted by molar-refractivity contribution is 5.57. The van der Waals surface area contributed by atoms with Gasteiger partial charge < -0.3 is 5.32 Å². The lowest BCUT2D eigenvalue weighted by atomic mass is 10.2. The van der Waals surface area contributed by atoms with Gasteiger partial charge in [0.2, 0.25) is 5.82 Å². The fourth-order valence-electron chi connectivity index (χ4n) is 1.46. The van der Waals surface area contributed by atoms with E-state index in [-0.39, 0.29) is 17.5 Å². The van der Waals surface area contributed by atoms with Crippen molar-refractivity contribution in [3.8, 4) is 12.3 Å². The van der Waals surface area contributed by atoms with Crippen LogP contribution < -0.4 is 5.32 Å². The Hall–Kier alpha value is -2.09. The lowest BCUT2D eigenvalue weighted by Gasteiger charge is -2.12. The van der Waals surface area contributed by atoms with Gasteiger partial charge in [0.05, 0.1) is 11.0 Å². The topological polar surface area (TPSA) is 68.1 Å². The quantitative estimate of drug-likeness (QED) is 0.482. The first-order chi connectivity index (χ1) is 8.08. The first-order valence-electron chi connectivity index (χ1n) is 5.42. The minimum Gasteiger partial charge on any atom is -0.351 e. The van der Waals surface area contributed by atoms with Gasteiger partial charge in [-0.2, -0.15) is 0 Å². The van der Waals surface area contributed by atoms with Crippen LogP contribution in [-0.4, -0.2) is 15.9 Å². The zero-order valence-electron chi connectivity index (χ0n) is 9.93. The smallest absolute Gasteiger partial charge is 0.311 e. The van der Waals surface area contributed by atoms with Gasteiger partial charge in [-0.25, -0.2) is 4.98 Å². The molecule has 0 bridgehead atoms. The standard InChI is InChI=1S/C12H15N3O2/c1-4-6-10(5-2)14-12-11(15(16)17)7-9(3)8-13-12/h2,7-8,10H,4,6H2,1,3H3,(H,13,14). The number of hydrogen-bond donors (Lipinski definition) is 1. The Labute approximate surface area is 100 Å². The number of aromatic nitrogens is 1. The summed E-state index contributed by atoms with van der Waals surface area (Å²) in [6, 6.07) is 1.25. The third kappa shape index (κ3) is 3.45. The molecule has 0 saturated heterocycles. The Morgan fingerprint density at radius 3 is 2.94 bits per heavy atom. The van der Waals surface area contributed by atoms with Crippen molar-refractivity contribution in [1.29, 1.82) is 0 Å². The molecule has 1 aromatic rings.